The molecule has 0 rings (SSSR count). The van der Waals surface area contributed by atoms with Crippen molar-refractivity contribution in [3.63, 3.8) is 0 Å². The molecule has 0 N–H and O–H groups in total. The third-order valence-electron chi connectivity index (χ3n) is 0.845. The van der Waals surface area contributed by atoms with Crippen LogP contribution in [-0.2, 0) is 14.2 Å². The summed E-state index contributed by atoms with van der Waals surface area (Å²) in [4.78, 5) is 0. The average Bonchev–Trinajstić information content (AvgIpc) is 1.97. The molecule has 0 unspecified atom stereocenters. The van der Waals surface area contributed by atoms with E-state index in [-0.39, 0.29) is 0 Å². The Morgan fingerprint density at radius 1 is 1.20 bits per heavy atom. The number of hydrogen-bond donors (Lipinski definition) is 0. The van der Waals surface area contributed by atoms with E-state index >= 15 is 0 Å². The highest BCUT2D eigenvalue weighted by molar-refractivity contribution is 4.67. The molecule has 3 nitrogen and oxygen atoms in total. The summed E-state index contributed by atoms with van der Waals surface area (Å²) in [5.74, 6) is 0. The molecule has 58 valence electrons. The van der Waals surface area contributed by atoms with Crippen molar-refractivity contribution in [1.82, 2.24) is 0 Å². The minimum absolute atomic E-state index is 0.445. The molecule has 0 spiro atoms. The highest BCUT2D eigenvalue weighted by Crippen LogP contribution is 1.76. The van der Waals surface area contributed by atoms with Gasteiger partial charge in [-0.25, -0.2) is 0 Å². The highest BCUT2D eigenvalue weighted by atomic mass is 16.5. The molecular weight excluding hydrogens is 132 g/mol. The number of methoxy groups -OCH3 is 1. The Hall–Kier alpha value is -0.720. The molecule has 0 aromatic carbocycles. The number of ether oxygens (including phenoxy) is 3. The first-order valence-electron chi connectivity index (χ1n) is 3.06. The molecule has 0 amide bonds. The first-order valence-corrected chi connectivity index (χ1v) is 3.06. The molecule has 0 aromatic heterocycles. The van der Waals surface area contributed by atoms with Crippen molar-refractivity contribution >= 4 is 0 Å². The van der Waals surface area contributed by atoms with E-state index in [1.165, 1.54) is 0 Å². The summed E-state index contributed by atoms with van der Waals surface area (Å²) in [6, 6.07) is 0. The first kappa shape index (κ1) is 9.28. The predicted molar refractivity (Wildman–Crippen MR) is 37.5 cm³/mol. The lowest BCUT2D eigenvalue weighted by molar-refractivity contribution is 0.0496. The lowest BCUT2D eigenvalue weighted by atomic mass is 10.7. The summed E-state index contributed by atoms with van der Waals surface area (Å²) >= 11 is 0. The van der Waals surface area contributed by atoms with Crippen molar-refractivity contribution in [3.8, 4) is 12.5 Å². The van der Waals surface area contributed by atoms with Gasteiger partial charge in [-0.2, -0.15) is 0 Å². The quantitative estimate of drug-likeness (QED) is 0.395. The van der Waals surface area contributed by atoms with E-state index in [0.29, 0.717) is 26.4 Å². The Kier molecular flexibility index (Phi) is 7.68. The fourth-order valence-electron chi connectivity index (χ4n) is 0.404. The van der Waals surface area contributed by atoms with E-state index in [1.807, 2.05) is 6.11 Å². The van der Waals surface area contributed by atoms with Crippen molar-refractivity contribution < 1.29 is 14.2 Å². The molecule has 0 saturated carbocycles. The van der Waals surface area contributed by atoms with Crippen LogP contribution in [0.5, 0.6) is 0 Å². The summed E-state index contributed by atoms with van der Waals surface area (Å²) in [6.07, 6.45) is 6.86. The molecule has 0 saturated heterocycles. The average molecular weight is 144 g/mol. The van der Waals surface area contributed by atoms with Gasteiger partial charge in [-0.15, -0.1) is 0 Å². The zero-order chi connectivity index (χ0) is 7.66. The van der Waals surface area contributed by atoms with E-state index in [4.69, 9.17) is 15.9 Å². The second-order valence-corrected chi connectivity index (χ2v) is 1.57. The van der Waals surface area contributed by atoms with E-state index in [2.05, 4.69) is 4.74 Å². The summed E-state index contributed by atoms with van der Waals surface area (Å²) in [7, 11) is 1.63. The molecular formula is C7H12O3. The zero-order valence-electron chi connectivity index (χ0n) is 6.13. The second kappa shape index (κ2) is 8.28. The molecule has 0 fully saturated rings. The molecule has 0 bridgehead atoms. The smallest absolute Gasteiger partial charge is 0.123 e. The first-order chi connectivity index (χ1) is 4.91. The van der Waals surface area contributed by atoms with Crippen LogP contribution in [0.3, 0.4) is 0 Å². The van der Waals surface area contributed by atoms with Crippen LogP contribution in [0.15, 0.2) is 0 Å². The normalized spacial score (nSPS) is 8.80. The highest BCUT2D eigenvalue weighted by Gasteiger charge is 1.85. The van der Waals surface area contributed by atoms with Crippen molar-refractivity contribution in [2.75, 3.05) is 33.5 Å². The summed E-state index contributed by atoms with van der Waals surface area (Å²) in [6.45, 7) is 2.16. The van der Waals surface area contributed by atoms with Crippen LogP contribution >= 0.6 is 0 Å². The fourth-order valence-corrected chi connectivity index (χ4v) is 0.404. The van der Waals surface area contributed by atoms with Gasteiger partial charge in [-0.05, 0) is 0 Å². The molecule has 0 aromatic rings. The Morgan fingerprint density at radius 2 is 1.90 bits per heavy atom. The van der Waals surface area contributed by atoms with E-state index in [9.17, 15) is 0 Å². The lowest BCUT2D eigenvalue weighted by Crippen LogP contribution is -2.06. The Bertz CT molecular complexity index is 95.5. The molecule has 0 aliphatic heterocycles. The van der Waals surface area contributed by atoms with Gasteiger partial charge in [0.2, 0.25) is 0 Å². The fraction of sp³-hybridized carbons (Fsp3) is 0.714. The minimum Gasteiger partial charge on any atom is -0.444 e. The van der Waals surface area contributed by atoms with Crippen LogP contribution in [0.4, 0.5) is 0 Å². The Morgan fingerprint density at radius 3 is 2.50 bits per heavy atom. The van der Waals surface area contributed by atoms with E-state index in [1.54, 1.807) is 7.11 Å². The topological polar surface area (TPSA) is 27.7 Å². The molecule has 3 heteroatoms. The van der Waals surface area contributed by atoms with Gasteiger partial charge in [0.25, 0.3) is 0 Å². The van der Waals surface area contributed by atoms with Crippen LogP contribution in [0.1, 0.15) is 0 Å². The minimum atomic E-state index is 0.445. The van der Waals surface area contributed by atoms with Gasteiger partial charge < -0.3 is 14.2 Å². The third kappa shape index (κ3) is 7.28. The van der Waals surface area contributed by atoms with Crippen LogP contribution < -0.4 is 0 Å². The van der Waals surface area contributed by atoms with Crippen LogP contribution in [0.2, 0.25) is 0 Å². The van der Waals surface area contributed by atoms with E-state index < -0.39 is 0 Å². The van der Waals surface area contributed by atoms with Gasteiger partial charge >= 0.3 is 0 Å². The molecule has 0 aliphatic carbocycles. The third-order valence-corrected chi connectivity index (χ3v) is 0.845. The number of rotatable bonds is 6. The number of terminal acetylenes is 1. The van der Waals surface area contributed by atoms with Gasteiger partial charge in [-0.1, -0.05) is 6.42 Å². The van der Waals surface area contributed by atoms with Crippen LogP contribution in [-0.4, -0.2) is 33.5 Å². The van der Waals surface area contributed by atoms with Gasteiger partial charge in [-0.3, -0.25) is 0 Å². The Labute approximate surface area is 61.3 Å². The second-order valence-electron chi connectivity index (χ2n) is 1.57. The largest absolute Gasteiger partial charge is 0.444 e. The van der Waals surface area contributed by atoms with Crippen molar-refractivity contribution in [3.05, 3.63) is 0 Å². The maximum absolute atomic E-state index is 5.03. The van der Waals surface area contributed by atoms with Gasteiger partial charge in [0.05, 0.1) is 19.8 Å². The predicted octanol–water partition coefficient (Wildman–Crippen LogP) is 0.257. The van der Waals surface area contributed by atoms with Gasteiger partial charge in [0.15, 0.2) is 0 Å². The van der Waals surface area contributed by atoms with Crippen LogP contribution in [0.25, 0.3) is 0 Å². The standard InChI is InChI=1S/C7H12O3/c1-3-9-6-7-10-5-4-8-2/h1H,4-7H2,2H3. The molecule has 10 heavy (non-hydrogen) atoms. The van der Waals surface area contributed by atoms with Crippen molar-refractivity contribution in [1.29, 1.82) is 0 Å². The van der Waals surface area contributed by atoms with E-state index in [0.717, 1.165) is 0 Å². The molecule has 0 heterocycles. The maximum atomic E-state index is 5.03. The van der Waals surface area contributed by atoms with Crippen LogP contribution in [0, 0.1) is 12.5 Å². The molecule has 0 atom stereocenters. The Balaban J connectivity index is 2.72. The van der Waals surface area contributed by atoms with Crippen molar-refractivity contribution in [2.45, 2.75) is 0 Å². The maximum Gasteiger partial charge on any atom is 0.123 e. The molecule has 0 radical (unpaired) electrons. The SMILES string of the molecule is C#COCCOCCOC. The summed E-state index contributed by atoms with van der Waals surface area (Å²) in [5, 5.41) is 0. The lowest BCUT2D eigenvalue weighted by Gasteiger charge is -2.00. The van der Waals surface area contributed by atoms with Crippen molar-refractivity contribution in [2.24, 2.45) is 0 Å². The molecule has 0 aliphatic rings. The summed E-state index contributed by atoms with van der Waals surface area (Å²) in [5.41, 5.74) is 0. The number of hydrogen-bond acceptors (Lipinski definition) is 3. The monoisotopic (exact) mass is 144 g/mol. The zero-order valence-corrected chi connectivity index (χ0v) is 6.13. The van der Waals surface area contributed by atoms with Gasteiger partial charge in [0, 0.05) is 7.11 Å². The van der Waals surface area contributed by atoms with Gasteiger partial charge in [0.1, 0.15) is 12.7 Å². The summed E-state index contributed by atoms with van der Waals surface area (Å²) < 4.78 is 14.3.